The summed E-state index contributed by atoms with van der Waals surface area (Å²) < 4.78 is 43.0. The Bertz CT molecular complexity index is 597. The van der Waals surface area contributed by atoms with Crippen molar-refractivity contribution in [3.8, 4) is 16.9 Å². The highest BCUT2D eigenvalue weighted by Gasteiger charge is 2.31. The summed E-state index contributed by atoms with van der Waals surface area (Å²) in [6.45, 7) is 0. The number of halogens is 3. The summed E-state index contributed by atoms with van der Waals surface area (Å²) in [5, 5.41) is 0. The maximum Gasteiger partial charge on any atom is 0.416 e. The molecule has 2 N–H and O–H groups in total. The number of rotatable bonds is 2. The Balaban J connectivity index is 2.54. The number of ether oxygens (including phenoxy) is 1. The van der Waals surface area contributed by atoms with E-state index in [4.69, 9.17) is 10.5 Å². The predicted octanol–water partition coefficient (Wildman–Crippen LogP) is 3.36. The Morgan fingerprint density at radius 1 is 1.16 bits per heavy atom. The molecule has 0 aliphatic heterocycles. The first-order chi connectivity index (χ1) is 8.91. The molecule has 0 bridgehead atoms. The minimum absolute atomic E-state index is 0.253. The molecule has 0 amide bonds. The van der Waals surface area contributed by atoms with E-state index in [0.717, 1.165) is 12.1 Å². The molecule has 2 rings (SSSR count). The van der Waals surface area contributed by atoms with Crippen molar-refractivity contribution in [2.75, 3.05) is 12.8 Å². The molecule has 100 valence electrons. The summed E-state index contributed by atoms with van der Waals surface area (Å²) in [4.78, 5) is 3.90. The van der Waals surface area contributed by atoms with Crippen LogP contribution in [0.5, 0.6) is 5.75 Å². The molecule has 0 spiro atoms. The zero-order valence-electron chi connectivity index (χ0n) is 10.0. The first-order valence-electron chi connectivity index (χ1n) is 5.38. The molecule has 1 heterocycles. The fourth-order valence-electron chi connectivity index (χ4n) is 1.66. The summed E-state index contributed by atoms with van der Waals surface area (Å²) >= 11 is 0. The molecule has 0 aliphatic rings. The second-order valence-electron chi connectivity index (χ2n) is 3.91. The van der Waals surface area contributed by atoms with Gasteiger partial charge in [-0.15, -0.1) is 0 Å². The lowest BCUT2D eigenvalue weighted by molar-refractivity contribution is -0.137. The van der Waals surface area contributed by atoms with Crippen LogP contribution in [-0.2, 0) is 6.18 Å². The molecular weight excluding hydrogens is 257 g/mol. The number of benzene rings is 1. The van der Waals surface area contributed by atoms with Gasteiger partial charge in [-0.3, -0.25) is 4.98 Å². The van der Waals surface area contributed by atoms with Crippen molar-refractivity contribution in [3.05, 3.63) is 42.2 Å². The average molecular weight is 268 g/mol. The molecule has 3 nitrogen and oxygen atoms in total. The maximum atomic E-state index is 12.7. The number of nitrogens with zero attached hydrogens (tertiary/aromatic N) is 1. The zero-order chi connectivity index (χ0) is 14.0. The van der Waals surface area contributed by atoms with Crippen molar-refractivity contribution in [2.24, 2.45) is 0 Å². The Kier molecular flexibility index (Phi) is 3.33. The fourth-order valence-corrected chi connectivity index (χ4v) is 1.66. The summed E-state index contributed by atoms with van der Waals surface area (Å²) in [6.07, 6.45) is -1.50. The first-order valence-corrected chi connectivity index (χ1v) is 5.38. The molecule has 2 aromatic rings. The second-order valence-corrected chi connectivity index (χ2v) is 3.91. The van der Waals surface area contributed by atoms with Crippen LogP contribution in [0.15, 0.2) is 36.7 Å². The normalized spacial score (nSPS) is 11.4. The Labute approximate surface area is 107 Å². The monoisotopic (exact) mass is 268 g/mol. The third kappa shape index (κ3) is 2.78. The van der Waals surface area contributed by atoms with Gasteiger partial charge in [-0.25, -0.2) is 0 Å². The van der Waals surface area contributed by atoms with Crippen molar-refractivity contribution in [2.45, 2.75) is 6.18 Å². The van der Waals surface area contributed by atoms with Crippen molar-refractivity contribution in [3.63, 3.8) is 0 Å². The van der Waals surface area contributed by atoms with E-state index < -0.39 is 11.7 Å². The molecule has 0 saturated heterocycles. The summed E-state index contributed by atoms with van der Waals surface area (Å²) in [5.41, 5.74) is 5.98. The van der Waals surface area contributed by atoms with Crippen LogP contribution in [0.3, 0.4) is 0 Å². The largest absolute Gasteiger partial charge is 0.495 e. The van der Waals surface area contributed by atoms with Crippen LogP contribution in [0, 0.1) is 0 Å². The number of hydrogen-bond acceptors (Lipinski definition) is 3. The lowest BCUT2D eigenvalue weighted by Crippen LogP contribution is -2.05. The highest BCUT2D eigenvalue weighted by atomic mass is 19.4. The zero-order valence-corrected chi connectivity index (χ0v) is 10.0. The molecule has 1 aromatic carbocycles. The van der Waals surface area contributed by atoms with E-state index in [1.807, 2.05) is 0 Å². The minimum Gasteiger partial charge on any atom is -0.495 e. The maximum absolute atomic E-state index is 12.7. The SMILES string of the molecule is COc1cncc(-c2cc(C(F)(F)F)ccc2N)c1. The second kappa shape index (κ2) is 4.79. The van der Waals surface area contributed by atoms with E-state index in [2.05, 4.69) is 4.98 Å². The molecule has 19 heavy (non-hydrogen) atoms. The number of pyridine rings is 1. The van der Waals surface area contributed by atoms with Gasteiger partial charge in [-0.05, 0) is 24.3 Å². The molecular formula is C13H11F3N2O. The van der Waals surface area contributed by atoms with Crippen LogP contribution in [0.1, 0.15) is 5.56 Å². The number of methoxy groups -OCH3 is 1. The number of nitrogen functional groups attached to an aromatic ring is 1. The number of nitrogens with two attached hydrogens (primary N) is 1. The standard InChI is InChI=1S/C13H11F3N2O/c1-19-10-4-8(6-18-7-10)11-5-9(13(14,15)16)2-3-12(11)17/h2-7H,17H2,1H3. The van der Waals surface area contributed by atoms with Gasteiger partial charge in [-0.1, -0.05) is 0 Å². The van der Waals surface area contributed by atoms with Crippen molar-refractivity contribution in [1.82, 2.24) is 4.98 Å². The van der Waals surface area contributed by atoms with Gasteiger partial charge >= 0.3 is 6.18 Å². The molecule has 0 unspecified atom stereocenters. The quantitative estimate of drug-likeness (QED) is 0.849. The van der Waals surface area contributed by atoms with E-state index in [-0.39, 0.29) is 11.3 Å². The Morgan fingerprint density at radius 3 is 2.53 bits per heavy atom. The summed E-state index contributed by atoms with van der Waals surface area (Å²) in [7, 11) is 1.45. The van der Waals surface area contributed by atoms with Gasteiger partial charge in [0.05, 0.1) is 18.9 Å². The first kappa shape index (κ1) is 13.2. The van der Waals surface area contributed by atoms with Gasteiger partial charge in [-0.2, -0.15) is 13.2 Å². The van der Waals surface area contributed by atoms with Crippen molar-refractivity contribution in [1.29, 1.82) is 0 Å². The van der Waals surface area contributed by atoms with E-state index >= 15 is 0 Å². The van der Waals surface area contributed by atoms with E-state index in [0.29, 0.717) is 11.3 Å². The molecule has 6 heteroatoms. The minimum atomic E-state index is -4.41. The molecule has 0 saturated carbocycles. The van der Waals surface area contributed by atoms with Crippen LogP contribution >= 0.6 is 0 Å². The topological polar surface area (TPSA) is 48.1 Å². The van der Waals surface area contributed by atoms with Crippen LogP contribution in [0.25, 0.3) is 11.1 Å². The lowest BCUT2D eigenvalue weighted by atomic mass is 10.0. The molecule has 0 radical (unpaired) electrons. The number of alkyl halides is 3. The van der Waals surface area contributed by atoms with E-state index in [1.165, 1.54) is 25.6 Å². The van der Waals surface area contributed by atoms with Crippen molar-refractivity contribution >= 4 is 5.69 Å². The third-order valence-corrected chi connectivity index (χ3v) is 2.64. The number of anilines is 1. The van der Waals surface area contributed by atoms with Gasteiger partial charge in [0.15, 0.2) is 0 Å². The smallest absolute Gasteiger partial charge is 0.416 e. The van der Waals surface area contributed by atoms with Gasteiger partial charge in [0.1, 0.15) is 5.75 Å². The number of aromatic nitrogens is 1. The lowest BCUT2D eigenvalue weighted by Gasteiger charge is -2.11. The van der Waals surface area contributed by atoms with Crippen LogP contribution in [-0.4, -0.2) is 12.1 Å². The van der Waals surface area contributed by atoms with Crippen LogP contribution < -0.4 is 10.5 Å². The molecule has 0 fully saturated rings. The van der Waals surface area contributed by atoms with E-state index in [1.54, 1.807) is 6.07 Å². The van der Waals surface area contributed by atoms with E-state index in [9.17, 15) is 13.2 Å². The van der Waals surface area contributed by atoms with Gasteiger partial charge in [0.25, 0.3) is 0 Å². The summed E-state index contributed by atoms with van der Waals surface area (Å²) in [5.74, 6) is 0.453. The predicted molar refractivity (Wildman–Crippen MR) is 65.6 cm³/mol. The highest BCUT2D eigenvalue weighted by molar-refractivity contribution is 5.77. The summed E-state index contributed by atoms with van der Waals surface area (Å²) in [6, 6.07) is 4.77. The number of hydrogen-bond donors (Lipinski definition) is 1. The van der Waals surface area contributed by atoms with Crippen molar-refractivity contribution < 1.29 is 17.9 Å². The Morgan fingerprint density at radius 2 is 1.89 bits per heavy atom. The van der Waals surface area contributed by atoms with Gasteiger partial charge < -0.3 is 10.5 Å². The van der Waals surface area contributed by atoms with Crippen LogP contribution in [0.2, 0.25) is 0 Å². The molecule has 0 atom stereocenters. The average Bonchev–Trinajstić information content (AvgIpc) is 2.38. The molecule has 0 aliphatic carbocycles. The van der Waals surface area contributed by atoms with Crippen LogP contribution in [0.4, 0.5) is 18.9 Å². The fraction of sp³-hybridized carbons (Fsp3) is 0.154. The molecule has 1 aromatic heterocycles. The third-order valence-electron chi connectivity index (χ3n) is 2.64. The highest BCUT2D eigenvalue weighted by Crippen LogP contribution is 2.35. The van der Waals surface area contributed by atoms with Gasteiger partial charge in [0.2, 0.25) is 0 Å². The Hall–Kier alpha value is -2.24. The van der Waals surface area contributed by atoms with Gasteiger partial charge in [0, 0.05) is 23.0 Å².